The van der Waals surface area contributed by atoms with Crippen molar-refractivity contribution in [1.82, 2.24) is 15.4 Å². The van der Waals surface area contributed by atoms with Gasteiger partial charge in [-0.05, 0) is 54.4 Å². The van der Waals surface area contributed by atoms with E-state index in [0.29, 0.717) is 23.9 Å². The minimum atomic E-state index is -0.192. The van der Waals surface area contributed by atoms with Gasteiger partial charge >= 0.3 is 0 Å². The summed E-state index contributed by atoms with van der Waals surface area (Å²) in [5, 5.41) is 9.04. The van der Waals surface area contributed by atoms with E-state index in [9.17, 15) is 4.79 Å². The van der Waals surface area contributed by atoms with E-state index < -0.39 is 0 Å². The van der Waals surface area contributed by atoms with Crippen LogP contribution in [0.3, 0.4) is 0 Å². The van der Waals surface area contributed by atoms with Gasteiger partial charge in [0.15, 0.2) is 11.5 Å². The van der Waals surface area contributed by atoms with E-state index >= 15 is 0 Å². The second-order valence-electron chi connectivity index (χ2n) is 8.20. The van der Waals surface area contributed by atoms with E-state index in [2.05, 4.69) is 53.5 Å². The van der Waals surface area contributed by atoms with Gasteiger partial charge in [-0.3, -0.25) is 9.69 Å². The molecular formula is C24H29N3O2S. The summed E-state index contributed by atoms with van der Waals surface area (Å²) in [7, 11) is 0. The highest BCUT2D eigenvalue weighted by Crippen LogP contribution is 2.27. The first-order valence-corrected chi connectivity index (χ1v) is 11.6. The van der Waals surface area contributed by atoms with Crippen molar-refractivity contribution in [1.29, 1.82) is 0 Å². The normalized spacial score (nSPS) is 16.0. The molecular weight excluding hydrogens is 394 g/mol. The third-order valence-corrected chi connectivity index (χ3v) is 6.67. The monoisotopic (exact) mass is 423 g/mol. The number of likely N-dealkylation sites (tertiary alicyclic amines) is 1. The number of hydrogen-bond donors (Lipinski definition) is 1. The minimum absolute atomic E-state index is 0.166. The SMILES string of the molecule is CC(C)c1ccc([C@H](CNC(=O)c2cc(-c3cccs3)on2)N2CCCCC2)cc1. The van der Waals surface area contributed by atoms with Gasteiger partial charge in [0.25, 0.3) is 5.91 Å². The summed E-state index contributed by atoms with van der Waals surface area (Å²) in [5.41, 5.74) is 2.91. The lowest BCUT2D eigenvalue weighted by atomic mass is 9.97. The third-order valence-electron chi connectivity index (χ3n) is 5.78. The van der Waals surface area contributed by atoms with Crippen molar-refractivity contribution >= 4 is 17.2 Å². The molecule has 0 bridgehead atoms. The fourth-order valence-corrected chi connectivity index (χ4v) is 4.66. The molecule has 0 spiro atoms. The van der Waals surface area contributed by atoms with Crippen LogP contribution >= 0.6 is 11.3 Å². The Kier molecular flexibility index (Phi) is 6.65. The van der Waals surface area contributed by atoms with Gasteiger partial charge in [-0.25, -0.2) is 0 Å². The van der Waals surface area contributed by atoms with Gasteiger partial charge in [-0.15, -0.1) is 11.3 Å². The lowest BCUT2D eigenvalue weighted by Gasteiger charge is -2.35. The van der Waals surface area contributed by atoms with Gasteiger partial charge in [-0.2, -0.15) is 0 Å². The molecule has 1 aliphatic heterocycles. The summed E-state index contributed by atoms with van der Waals surface area (Å²) in [4.78, 5) is 16.2. The molecule has 3 heterocycles. The first-order valence-electron chi connectivity index (χ1n) is 10.7. The molecule has 3 aromatic rings. The molecule has 1 aliphatic rings. The molecule has 0 radical (unpaired) electrons. The zero-order chi connectivity index (χ0) is 20.9. The molecule has 1 fully saturated rings. The van der Waals surface area contributed by atoms with Gasteiger partial charge in [0.1, 0.15) is 0 Å². The number of hydrogen-bond acceptors (Lipinski definition) is 5. The summed E-state index contributed by atoms with van der Waals surface area (Å²) in [6.07, 6.45) is 3.70. The van der Waals surface area contributed by atoms with E-state index in [1.54, 1.807) is 17.4 Å². The predicted octanol–water partition coefficient (Wildman–Crippen LogP) is 5.48. The molecule has 4 rings (SSSR count). The van der Waals surface area contributed by atoms with Gasteiger partial charge in [-0.1, -0.05) is 55.8 Å². The number of rotatable bonds is 7. The summed E-state index contributed by atoms with van der Waals surface area (Å²) in [6.45, 7) is 7.11. The Morgan fingerprint density at radius 1 is 1.13 bits per heavy atom. The van der Waals surface area contributed by atoms with Crippen LogP contribution in [0.2, 0.25) is 0 Å². The molecule has 0 unspecified atom stereocenters. The number of benzene rings is 1. The number of carbonyl (C=O) groups excluding carboxylic acids is 1. The van der Waals surface area contributed by atoms with Gasteiger partial charge in [0.2, 0.25) is 0 Å². The topological polar surface area (TPSA) is 58.4 Å². The number of nitrogens with one attached hydrogen (secondary N) is 1. The van der Waals surface area contributed by atoms with Crippen molar-refractivity contribution < 1.29 is 9.32 Å². The molecule has 6 heteroatoms. The summed E-state index contributed by atoms with van der Waals surface area (Å²) in [5.74, 6) is 0.950. The molecule has 30 heavy (non-hydrogen) atoms. The summed E-state index contributed by atoms with van der Waals surface area (Å²) >= 11 is 1.57. The van der Waals surface area contributed by atoms with Crippen molar-refractivity contribution in [2.75, 3.05) is 19.6 Å². The lowest BCUT2D eigenvalue weighted by Crippen LogP contribution is -2.40. The van der Waals surface area contributed by atoms with E-state index in [4.69, 9.17) is 4.52 Å². The number of thiophene rings is 1. The summed E-state index contributed by atoms with van der Waals surface area (Å²) in [6, 6.07) is 14.6. The first-order chi connectivity index (χ1) is 14.6. The van der Waals surface area contributed by atoms with Gasteiger partial charge in [0.05, 0.1) is 10.9 Å². The van der Waals surface area contributed by atoms with Gasteiger partial charge < -0.3 is 9.84 Å². The number of piperidine rings is 1. The maximum Gasteiger partial charge on any atom is 0.273 e. The standard InChI is InChI=1S/C24H29N3O2S/c1-17(2)18-8-10-19(11-9-18)21(27-12-4-3-5-13-27)16-25-24(28)20-15-22(29-26-20)23-7-6-14-30-23/h6-11,14-15,17,21H,3-5,12-13,16H2,1-2H3,(H,25,28)/t21-/m0/s1. The average molecular weight is 424 g/mol. The third kappa shape index (κ3) is 4.82. The van der Waals surface area contributed by atoms with Crippen LogP contribution in [0.1, 0.15) is 66.7 Å². The fraction of sp³-hybridized carbons (Fsp3) is 0.417. The largest absolute Gasteiger partial charge is 0.355 e. The Bertz CT molecular complexity index is 941. The Balaban J connectivity index is 1.46. The molecule has 2 aromatic heterocycles. The highest BCUT2D eigenvalue weighted by atomic mass is 32.1. The smallest absolute Gasteiger partial charge is 0.273 e. The minimum Gasteiger partial charge on any atom is -0.355 e. The molecule has 0 saturated carbocycles. The Labute approximate surface area is 182 Å². The van der Waals surface area contributed by atoms with Crippen molar-refractivity contribution in [3.05, 3.63) is 64.7 Å². The average Bonchev–Trinajstić information content (AvgIpc) is 3.47. The van der Waals surface area contributed by atoms with Crippen LogP contribution in [-0.4, -0.2) is 35.6 Å². The Morgan fingerprint density at radius 2 is 1.87 bits per heavy atom. The second-order valence-corrected chi connectivity index (χ2v) is 9.15. The van der Waals surface area contributed by atoms with E-state index in [0.717, 1.165) is 18.0 Å². The predicted molar refractivity (Wildman–Crippen MR) is 121 cm³/mol. The highest BCUT2D eigenvalue weighted by molar-refractivity contribution is 7.13. The van der Waals surface area contributed by atoms with Crippen LogP contribution in [0, 0.1) is 0 Å². The maximum atomic E-state index is 12.7. The molecule has 1 saturated heterocycles. The van der Waals surface area contributed by atoms with E-state index in [-0.39, 0.29) is 11.9 Å². The van der Waals surface area contributed by atoms with Gasteiger partial charge in [0, 0.05) is 12.6 Å². The highest BCUT2D eigenvalue weighted by Gasteiger charge is 2.24. The summed E-state index contributed by atoms with van der Waals surface area (Å²) < 4.78 is 5.36. The number of aromatic nitrogens is 1. The molecule has 1 atom stereocenters. The van der Waals surface area contributed by atoms with Crippen LogP contribution in [0.25, 0.3) is 10.6 Å². The van der Waals surface area contributed by atoms with E-state index in [1.807, 2.05) is 17.5 Å². The van der Waals surface area contributed by atoms with Crippen LogP contribution in [0.4, 0.5) is 0 Å². The second kappa shape index (κ2) is 9.58. The number of carbonyl (C=O) groups is 1. The van der Waals surface area contributed by atoms with Crippen LogP contribution in [0.5, 0.6) is 0 Å². The Morgan fingerprint density at radius 3 is 2.53 bits per heavy atom. The van der Waals surface area contributed by atoms with Crippen LogP contribution in [0.15, 0.2) is 52.4 Å². The zero-order valence-corrected chi connectivity index (χ0v) is 18.5. The van der Waals surface area contributed by atoms with Crippen molar-refractivity contribution in [3.63, 3.8) is 0 Å². The molecule has 1 aromatic carbocycles. The number of nitrogens with zero attached hydrogens (tertiary/aromatic N) is 2. The molecule has 1 amide bonds. The molecule has 158 valence electrons. The van der Waals surface area contributed by atoms with Crippen molar-refractivity contribution in [2.45, 2.75) is 45.1 Å². The van der Waals surface area contributed by atoms with Crippen LogP contribution < -0.4 is 5.32 Å². The van der Waals surface area contributed by atoms with Crippen LogP contribution in [-0.2, 0) is 0 Å². The number of amides is 1. The molecule has 0 aliphatic carbocycles. The Hall–Kier alpha value is -2.44. The first kappa shape index (κ1) is 20.8. The van der Waals surface area contributed by atoms with Crippen molar-refractivity contribution in [2.24, 2.45) is 0 Å². The maximum absolute atomic E-state index is 12.7. The van der Waals surface area contributed by atoms with Crippen molar-refractivity contribution in [3.8, 4) is 10.6 Å². The quantitative estimate of drug-likeness (QED) is 0.546. The molecule has 5 nitrogen and oxygen atoms in total. The lowest BCUT2D eigenvalue weighted by molar-refractivity contribution is 0.0915. The van der Waals surface area contributed by atoms with E-state index in [1.165, 1.54) is 30.4 Å². The fourth-order valence-electron chi connectivity index (χ4n) is 3.99. The zero-order valence-electron chi connectivity index (χ0n) is 17.6. The molecule has 1 N–H and O–H groups in total.